The molecule has 140 valence electrons. The van der Waals surface area contributed by atoms with Crippen molar-refractivity contribution in [3.05, 3.63) is 40.0 Å². The Hall–Kier alpha value is -2.48. The third-order valence-corrected chi connectivity index (χ3v) is 4.62. The lowest BCUT2D eigenvalue weighted by atomic mass is 10.3. The number of guanidine groups is 1. The maximum atomic E-state index is 12.0. The molecule has 26 heavy (non-hydrogen) atoms. The number of anilines is 1. The highest BCUT2D eigenvalue weighted by Gasteiger charge is 2.05. The van der Waals surface area contributed by atoms with Crippen molar-refractivity contribution in [1.29, 1.82) is 0 Å². The zero-order chi connectivity index (χ0) is 18.8. The van der Waals surface area contributed by atoms with Crippen LogP contribution in [0.2, 0.25) is 0 Å². The van der Waals surface area contributed by atoms with Crippen LogP contribution in [-0.4, -0.2) is 34.9 Å². The maximum absolute atomic E-state index is 12.0. The second-order valence-corrected chi connectivity index (χ2v) is 6.91. The number of aromatic nitrogens is 2. The van der Waals surface area contributed by atoms with Crippen LogP contribution in [-0.2, 0) is 17.8 Å². The fourth-order valence-electron chi connectivity index (χ4n) is 2.11. The number of hydrogen-bond acceptors (Lipinski definition) is 5. The van der Waals surface area contributed by atoms with Crippen LogP contribution in [0.15, 0.2) is 29.5 Å². The average molecular weight is 375 g/mol. The lowest BCUT2D eigenvalue weighted by Gasteiger charge is -2.11. The van der Waals surface area contributed by atoms with E-state index in [9.17, 15) is 4.79 Å². The van der Waals surface area contributed by atoms with Crippen molar-refractivity contribution in [3.8, 4) is 0 Å². The van der Waals surface area contributed by atoms with Gasteiger partial charge in [0.1, 0.15) is 10.8 Å². The molecule has 0 unspecified atom stereocenters. The lowest BCUT2D eigenvalue weighted by molar-refractivity contribution is -0.116. The quantitative estimate of drug-likeness (QED) is 0.488. The first-order chi connectivity index (χ1) is 12.6. The second-order valence-electron chi connectivity index (χ2n) is 5.71. The van der Waals surface area contributed by atoms with Crippen molar-refractivity contribution < 1.29 is 4.79 Å². The second kappa shape index (κ2) is 10.5. The Morgan fingerprint density at radius 2 is 2.04 bits per heavy atom. The molecule has 2 heterocycles. The summed E-state index contributed by atoms with van der Waals surface area (Å²) in [4.78, 5) is 26.3. The number of carbonyl (C=O) groups excluding carboxylic acids is 1. The summed E-state index contributed by atoms with van der Waals surface area (Å²) >= 11 is 1.68. The number of nitrogens with zero attached hydrogens (tertiary/aromatic N) is 3. The fourth-order valence-corrected chi connectivity index (χ4v) is 2.90. The molecular formula is C18H26N6OS. The molecular weight excluding hydrogens is 348 g/mol. The highest BCUT2D eigenvalue weighted by atomic mass is 32.1. The van der Waals surface area contributed by atoms with Crippen LogP contribution >= 0.6 is 11.3 Å². The van der Waals surface area contributed by atoms with Crippen LogP contribution in [0, 0.1) is 6.92 Å². The molecule has 2 aromatic rings. The number of pyridine rings is 1. The van der Waals surface area contributed by atoms with Gasteiger partial charge in [0.2, 0.25) is 5.91 Å². The largest absolute Gasteiger partial charge is 0.357 e. The van der Waals surface area contributed by atoms with Gasteiger partial charge in [0.25, 0.3) is 0 Å². The lowest BCUT2D eigenvalue weighted by Crippen LogP contribution is -2.38. The van der Waals surface area contributed by atoms with Crippen LogP contribution < -0.4 is 16.0 Å². The van der Waals surface area contributed by atoms with Crippen LogP contribution in [0.4, 0.5) is 5.82 Å². The summed E-state index contributed by atoms with van der Waals surface area (Å²) in [5.41, 5.74) is 1.06. The Morgan fingerprint density at radius 3 is 2.69 bits per heavy atom. The predicted molar refractivity (Wildman–Crippen MR) is 107 cm³/mol. The first kappa shape index (κ1) is 19.8. The summed E-state index contributed by atoms with van der Waals surface area (Å²) < 4.78 is 0. The van der Waals surface area contributed by atoms with Gasteiger partial charge in [-0.1, -0.05) is 13.0 Å². The molecule has 0 bridgehead atoms. The highest BCUT2D eigenvalue weighted by Crippen LogP contribution is 2.13. The third-order valence-electron chi connectivity index (χ3n) is 3.49. The Balaban J connectivity index is 1.78. The smallest absolute Gasteiger partial charge is 0.227 e. The summed E-state index contributed by atoms with van der Waals surface area (Å²) in [7, 11) is 0. The van der Waals surface area contributed by atoms with Gasteiger partial charge < -0.3 is 16.0 Å². The van der Waals surface area contributed by atoms with Crippen molar-refractivity contribution in [1.82, 2.24) is 20.6 Å². The summed E-state index contributed by atoms with van der Waals surface area (Å²) in [6, 6.07) is 3.71. The number of aryl methyl sites for hydroxylation is 2. The van der Waals surface area contributed by atoms with E-state index in [0.717, 1.165) is 23.5 Å². The van der Waals surface area contributed by atoms with E-state index in [-0.39, 0.29) is 5.91 Å². The van der Waals surface area contributed by atoms with Crippen molar-refractivity contribution >= 4 is 29.0 Å². The van der Waals surface area contributed by atoms with Crippen LogP contribution in [0.3, 0.4) is 0 Å². The van der Waals surface area contributed by atoms with E-state index >= 15 is 0 Å². The summed E-state index contributed by atoms with van der Waals surface area (Å²) in [5, 5.41) is 10.1. The standard InChI is InChI=1S/C18H26N6OS/c1-4-14-11-22-17(26-14)12-23-18(19-5-2)20-9-8-16(25)24-15-7-6-13(3)10-21-15/h6-7,10-11H,4-5,8-9,12H2,1-3H3,(H2,19,20,23)(H,21,24,25). The molecule has 0 spiro atoms. The SMILES string of the molecule is CCNC(=NCc1ncc(CC)s1)NCCC(=O)Nc1ccc(C)cn1. The summed E-state index contributed by atoms with van der Waals surface area (Å²) in [6.45, 7) is 7.85. The van der Waals surface area contributed by atoms with E-state index in [1.165, 1.54) is 4.88 Å². The molecule has 0 aliphatic rings. The van der Waals surface area contributed by atoms with Gasteiger partial charge in [-0.2, -0.15) is 0 Å². The molecule has 0 fully saturated rings. The Labute approximate surface area is 158 Å². The molecule has 0 radical (unpaired) electrons. The molecule has 0 aromatic carbocycles. The van der Waals surface area contributed by atoms with Gasteiger partial charge >= 0.3 is 0 Å². The van der Waals surface area contributed by atoms with Crippen molar-refractivity contribution in [2.24, 2.45) is 4.99 Å². The molecule has 3 N–H and O–H groups in total. The molecule has 0 saturated carbocycles. The van der Waals surface area contributed by atoms with Crippen LogP contribution in [0.1, 0.15) is 35.7 Å². The Kier molecular flexibility index (Phi) is 8.01. The number of aliphatic imine (C=N–C) groups is 1. The average Bonchev–Trinajstić information content (AvgIpc) is 3.10. The molecule has 2 rings (SSSR count). The van der Waals surface area contributed by atoms with Crippen LogP contribution in [0.5, 0.6) is 0 Å². The van der Waals surface area contributed by atoms with Gasteiger partial charge in [-0.3, -0.25) is 4.79 Å². The minimum absolute atomic E-state index is 0.0859. The third kappa shape index (κ3) is 6.79. The number of nitrogens with one attached hydrogen (secondary N) is 3. The number of hydrogen-bond donors (Lipinski definition) is 3. The van der Waals surface area contributed by atoms with E-state index in [0.29, 0.717) is 31.3 Å². The van der Waals surface area contributed by atoms with Crippen molar-refractivity contribution in [2.45, 2.75) is 40.2 Å². The highest BCUT2D eigenvalue weighted by molar-refractivity contribution is 7.11. The molecule has 0 saturated heterocycles. The Bertz CT molecular complexity index is 726. The van der Waals surface area contributed by atoms with Gasteiger partial charge in [-0.15, -0.1) is 11.3 Å². The van der Waals surface area contributed by atoms with Gasteiger partial charge in [0.15, 0.2) is 5.96 Å². The number of carbonyl (C=O) groups is 1. The minimum atomic E-state index is -0.0859. The first-order valence-corrected chi connectivity index (χ1v) is 9.60. The van der Waals surface area contributed by atoms with Crippen molar-refractivity contribution in [3.63, 3.8) is 0 Å². The molecule has 8 heteroatoms. The van der Waals surface area contributed by atoms with Gasteiger partial charge in [0, 0.05) is 36.8 Å². The monoisotopic (exact) mass is 374 g/mol. The molecule has 0 aliphatic heterocycles. The van der Waals surface area contributed by atoms with Gasteiger partial charge in [-0.25, -0.2) is 15.0 Å². The van der Waals surface area contributed by atoms with E-state index in [2.05, 4.69) is 37.8 Å². The maximum Gasteiger partial charge on any atom is 0.227 e. The van der Waals surface area contributed by atoms with E-state index in [1.54, 1.807) is 23.6 Å². The zero-order valence-corrected chi connectivity index (χ0v) is 16.3. The zero-order valence-electron chi connectivity index (χ0n) is 15.5. The predicted octanol–water partition coefficient (Wildman–Crippen LogP) is 2.49. The molecule has 0 atom stereocenters. The molecule has 2 aromatic heterocycles. The Morgan fingerprint density at radius 1 is 1.19 bits per heavy atom. The van der Waals surface area contributed by atoms with Crippen LogP contribution in [0.25, 0.3) is 0 Å². The number of thiazole rings is 1. The van der Waals surface area contributed by atoms with Gasteiger partial charge in [0.05, 0.1) is 6.54 Å². The van der Waals surface area contributed by atoms with E-state index in [4.69, 9.17) is 0 Å². The first-order valence-electron chi connectivity index (χ1n) is 8.79. The number of rotatable bonds is 8. The summed E-state index contributed by atoms with van der Waals surface area (Å²) in [5.74, 6) is 1.16. The van der Waals surface area contributed by atoms with E-state index < -0.39 is 0 Å². The van der Waals surface area contributed by atoms with Gasteiger partial charge in [-0.05, 0) is 31.9 Å². The summed E-state index contributed by atoms with van der Waals surface area (Å²) in [6.07, 6.45) is 4.95. The number of amides is 1. The molecule has 0 aliphatic carbocycles. The normalized spacial score (nSPS) is 11.3. The molecule has 1 amide bonds. The minimum Gasteiger partial charge on any atom is -0.357 e. The topological polar surface area (TPSA) is 91.3 Å². The fraction of sp³-hybridized carbons (Fsp3) is 0.444. The van der Waals surface area contributed by atoms with E-state index in [1.807, 2.05) is 26.1 Å². The van der Waals surface area contributed by atoms with Crippen molar-refractivity contribution in [2.75, 3.05) is 18.4 Å². The molecule has 7 nitrogen and oxygen atoms in total.